The standard InChI is InChI=1S/C25H19FN4O2/c26-21-14-8-7-11-19(21)16-28-17-27-23-22(28)24(31)29(15-18-9-3-1-4-10-18)25(32)30(23)20-12-5-2-6-13-20/h1-14,17H,15-16H2. The number of halogens is 1. The summed E-state index contributed by atoms with van der Waals surface area (Å²) in [5, 5.41) is 0. The second-order valence-electron chi connectivity index (χ2n) is 7.47. The lowest BCUT2D eigenvalue weighted by molar-refractivity contribution is 0.600. The molecular weight excluding hydrogens is 407 g/mol. The highest BCUT2D eigenvalue weighted by atomic mass is 19.1. The minimum atomic E-state index is -0.478. The van der Waals surface area contributed by atoms with E-state index in [-0.39, 0.29) is 30.1 Å². The van der Waals surface area contributed by atoms with Crippen LogP contribution in [0.5, 0.6) is 0 Å². The topological polar surface area (TPSA) is 61.8 Å². The molecule has 7 heteroatoms. The summed E-state index contributed by atoms with van der Waals surface area (Å²) in [4.78, 5) is 31.3. The van der Waals surface area contributed by atoms with Gasteiger partial charge in [-0.05, 0) is 23.8 Å². The highest BCUT2D eigenvalue weighted by molar-refractivity contribution is 5.72. The van der Waals surface area contributed by atoms with Crippen LogP contribution in [0.25, 0.3) is 16.9 Å². The Kier molecular flexibility index (Phi) is 4.99. The van der Waals surface area contributed by atoms with Gasteiger partial charge in [0.05, 0.1) is 25.1 Å². The third kappa shape index (κ3) is 3.43. The van der Waals surface area contributed by atoms with Crippen LogP contribution in [0, 0.1) is 5.82 Å². The number of benzene rings is 3. The molecule has 0 spiro atoms. The Morgan fingerprint density at radius 2 is 1.44 bits per heavy atom. The Morgan fingerprint density at radius 3 is 2.16 bits per heavy atom. The van der Waals surface area contributed by atoms with Gasteiger partial charge >= 0.3 is 5.69 Å². The summed E-state index contributed by atoms with van der Waals surface area (Å²) in [6.07, 6.45) is 1.48. The molecule has 0 atom stereocenters. The first-order valence-corrected chi connectivity index (χ1v) is 10.2. The van der Waals surface area contributed by atoms with Gasteiger partial charge in [-0.15, -0.1) is 0 Å². The molecule has 0 amide bonds. The fourth-order valence-corrected chi connectivity index (χ4v) is 3.83. The van der Waals surface area contributed by atoms with Gasteiger partial charge in [0.15, 0.2) is 11.2 Å². The van der Waals surface area contributed by atoms with Crippen molar-refractivity contribution in [2.75, 3.05) is 0 Å². The lowest BCUT2D eigenvalue weighted by Gasteiger charge is -2.13. The maximum absolute atomic E-state index is 14.3. The molecule has 2 heterocycles. The minimum absolute atomic E-state index is 0.117. The zero-order valence-electron chi connectivity index (χ0n) is 17.1. The Morgan fingerprint density at radius 1 is 0.781 bits per heavy atom. The van der Waals surface area contributed by atoms with Crippen LogP contribution < -0.4 is 11.2 Å². The van der Waals surface area contributed by atoms with Crippen LogP contribution in [-0.4, -0.2) is 18.7 Å². The lowest BCUT2D eigenvalue weighted by Crippen LogP contribution is -2.40. The van der Waals surface area contributed by atoms with Gasteiger partial charge in [-0.1, -0.05) is 66.7 Å². The van der Waals surface area contributed by atoms with Crippen LogP contribution >= 0.6 is 0 Å². The van der Waals surface area contributed by atoms with E-state index in [4.69, 9.17) is 0 Å². The van der Waals surface area contributed by atoms with Crippen LogP contribution in [0.1, 0.15) is 11.1 Å². The number of hydrogen-bond acceptors (Lipinski definition) is 3. The molecule has 0 aliphatic heterocycles. The molecule has 0 radical (unpaired) electrons. The normalized spacial score (nSPS) is 11.2. The highest BCUT2D eigenvalue weighted by Crippen LogP contribution is 2.16. The molecule has 0 fully saturated rings. The second-order valence-corrected chi connectivity index (χ2v) is 7.47. The lowest BCUT2D eigenvalue weighted by atomic mass is 10.2. The van der Waals surface area contributed by atoms with Gasteiger partial charge in [0.25, 0.3) is 5.56 Å². The molecule has 0 aliphatic rings. The van der Waals surface area contributed by atoms with Gasteiger partial charge in [0.1, 0.15) is 5.82 Å². The summed E-state index contributed by atoms with van der Waals surface area (Å²) in [5.41, 5.74) is 1.40. The molecule has 0 saturated heterocycles. The molecule has 3 aromatic carbocycles. The average molecular weight is 426 g/mol. The van der Waals surface area contributed by atoms with Crippen LogP contribution in [0.2, 0.25) is 0 Å². The third-order valence-corrected chi connectivity index (χ3v) is 5.40. The number of para-hydroxylation sites is 1. The van der Waals surface area contributed by atoms with Crippen molar-refractivity contribution in [2.24, 2.45) is 0 Å². The predicted octanol–water partition coefficient (Wildman–Crippen LogP) is 3.58. The van der Waals surface area contributed by atoms with E-state index in [1.165, 1.54) is 21.5 Å². The highest BCUT2D eigenvalue weighted by Gasteiger charge is 2.20. The molecule has 0 saturated carbocycles. The fourth-order valence-electron chi connectivity index (χ4n) is 3.83. The summed E-state index contributed by atoms with van der Waals surface area (Å²) < 4.78 is 18.5. The van der Waals surface area contributed by atoms with Gasteiger partial charge in [-0.2, -0.15) is 0 Å². The molecule has 0 aliphatic carbocycles. The summed E-state index contributed by atoms with van der Waals surface area (Å²) in [6.45, 7) is 0.239. The Balaban J connectivity index is 1.77. The van der Waals surface area contributed by atoms with Crippen molar-refractivity contribution in [1.29, 1.82) is 0 Å². The van der Waals surface area contributed by atoms with Gasteiger partial charge in [-0.25, -0.2) is 18.7 Å². The van der Waals surface area contributed by atoms with E-state index in [1.54, 1.807) is 34.9 Å². The first-order chi connectivity index (χ1) is 15.6. The van der Waals surface area contributed by atoms with Crippen LogP contribution in [-0.2, 0) is 13.1 Å². The van der Waals surface area contributed by atoms with Crippen LogP contribution in [0.15, 0.2) is 101 Å². The van der Waals surface area contributed by atoms with Crippen LogP contribution in [0.3, 0.4) is 0 Å². The average Bonchev–Trinajstić information content (AvgIpc) is 3.23. The largest absolute Gasteiger partial charge is 0.337 e. The van der Waals surface area contributed by atoms with Crippen molar-refractivity contribution in [2.45, 2.75) is 13.1 Å². The number of hydrogen-bond donors (Lipinski definition) is 0. The molecule has 2 aromatic heterocycles. The zero-order valence-corrected chi connectivity index (χ0v) is 17.1. The summed E-state index contributed by atoms with van der Waals surface area (Å²) >= 11 is 0. The van der Waals surface area contributed by atoms with E-state index in [1.807, 2.05) is 48.5 Å². The summed E-state index contributed by atoms with van der Waals surface area (Å²) in [5.74, 6) is -0.365. The van der Waals surface area contributed by atoms with Gasteiger partial charge in [-0.3, -0.25) is 9.36 Å². The van der Waals surface area contributed by atoms with Crippen molar-refractivity contribution in [3.05, 3.63) is 129 Å². The van der Waals surface area contributed by atoms with Gasteiger partial charge in [0, 0.05) is 5.56 Å². The Hall–Kier alpha value is -4.26. The molecule has 0 bridgehead atoms. The monoisotopic (exact) mass is 426 g/mol. The molecule has 32 heavy (non-hydrogen) atoms. The molecule has 5 rings (SSSR count). The first-order valence-electron chi connectivity index (χ1n) is 10.2. The van der Waals surface area contributed by atoms with E-state index >= 15 is 0 Å². The van der Waals surface area contributed by atoms with Crippen molar-refractivity contribution < 1.29 is 4.39 Å². The Labute approximate surface area is 182 Å². The number of nitrogens with zero attached hydrogens (tertiary/aromatic N) is 4. The predicted molar refractivity (Wildman–Crippen MR) is 121 cm³/mol. The number of imidazole rings is 1. The van der Waals surface area contributed by atoms with E-state index in [9.17, 15) is 14.0 Å². The van der Waals surface area contributed by atoms with Crippen molar-refractivity contribution in [1.82, 2.24) is 18.7 Å². The van der Waals surface area contributed by atoms with Crippen molar-refractivity contribution in [3.8, 4) is 5.69 Å². The first kappa shape index (κ1) is 19.7. The molecule has 0 N–H and O–H groups in total. The van der Waals surface area contributed by atoms with Gasteiger partial charge < -0.3 is 4.57 Å². The molecule has 0 unspecified atom stereocenters. The fraction of sp³-hybridized carbons (Fsp3) is 0.0800. The smallest absolute Gasteiger partial charge is 0.320 e. The zero-order chi connectivity index (χ0) is 22.1. The number of fused-ring (bicyclic) bond motifs is 1. The third-order valence-electron chi connectivity index (χ3n) is 5.40. The van der Waals surface area contributed by atoms with Gasteiger partial charge in [0.2, 0.25) is 0 Å². The number of aromatic nitrogens is 4. The Bertz CT molecular complexity index is 1520. The molecule has 5 aromatic rings. The maximum atomic E-state index is 14.3. The summed E-state index contributed by atoms with van der Waals surface area (Å²) in [7, 11) is 0. The van der Waals surface area contributed by atoms with E-state index in [0.29, 0.717) is 11.3 Å². The maximum Gasteiger partial charge on any atom is 0.337 e. The van der Waals surface area contributed by atoms with Crippen molar-refractivity contribution >= 4 is 11.2 Å². The van der Waals surface area contributed by atoms with Crippen molar-refractivity contribution in [3.63, 3.8) is 0 Å². The SMILES string of the molecule is O=c1c2c(ncn2Cc2ccccc2F)n(-c2ccccc2)c(=O)n1Cc1ccccc1. The minimum Gasteiger partial charge on any atom is -0.320 e. The molecule has 6 nitrogen and oxygen atoms in total. The summed E-state index contributed by atoms with van der Waals surface area (Å²) in [6, 6.07) is 24.8. The van der Waals surface area contributed by atoms with E-state index < -0.39 is 11.2 Å². The quantitative estimate of drug-likeness (QED) is 0.432. The van der Waals surface area contributed by atoms with Crippen LogP contribution in [0.4, 0.5) is 4.39 Å². The molecule has 158 valence electrons. The van der Waals surface area contributed by atoms with E-state index in [2.05, 4.69) is 4.98 Å². The molecular formula is C25H19FN4O2. The second kappa shape index (κ2) is 8.11. The van der Waals surface area contributed by atoms with E-state index in [0.717, 1.165) is 5.56 Å². The number of rotatable bonds is 5.